The topological polar surface area (TPSA) is 63.4 Å². The first-order valence-corrected chi connectivity index (χ1v) is 6.18. The number of likely N-dealkylation sites (tertiary alicyclic amines) is 1. The Morgan fingerprint density at radius 3 is 2.44 bits per heavy atom. The summed E-state index contributed by atoms with van der Waals surface area (Å²) >= 11 is 0. The van der Waals surface area contributed by atoms with E-state index in [1.54, 1.807) is 0 Å². The van der Waals surface area contributed by atoms with Gasteiger partial charge in [0.15, 0.2) is 0 Å². The number of hydrogen-bond acceptors (Lipinski definition) is 2. The number of nitrogens with zero attached hydrogens (tertiary/aromatic N) is 1. The SMILES string of the molecule is CC(CCCC(N)=O)C(=O)N1CCCCC1. The lowest BCUT2D eigenvalue weighted by atomic mass is 10.0. The Bertz CT molecular complexity index is 247. The van der Waals surface area contributed by atoms with Gasteiger partial charge < -0.3 is 10.6 Å². The van der Waals surface area contributed by atoms with Crippen LogP contribution >= 0.6 is 0 Å². The van der Waals surface area contributed by atoms with Crippen LogP contribution in [0.4, 0.5) is 0 Å². The molecule has 4 nitrogen and oxygen atoms in total. The van der Waals surface area contributed by atoms with Gasteiger partial charge in [-0.1, -0.05) is 6.92 Å². The van der Waals surface area contributed by atoms with E-state index >= 15 is 0 Å². The first kappa shape index (κ1) is 13.0. The maximum absolute atomic E-state index is 12.0. The standard InChI is InChI=1S/C12H22N2O2/c1-10(6-5-7-11(13)15)12(16)14-8-3-2-4-9-14/h10H,2-9H2,1H3,(H2,13,15). The van der Waals surface area contributed by atoms with Crippen molar-refractivity contribution >= 4 is 11.8 Å². The molecule has 0 radical (unpaired) electrons. The molecule has 0 aromatic heterocycles. The molecule has 0 bridgehead atoms. The van der Waals surface area contributed by atoms with Crippen LogP contribution in [0.15, 0.2) is 0 Å². The largest absolute Gasteiger partial charge is 0.370 e. The van der Waals surface area contributed by atoms with E-state index in [1.807, 2.05) is 11.8 Å². The van der Waals surface area contributed by atoms with E-state index < -0.39 is 0 Å². The summed E-state index contributed by atoms with van der Waals surface area (Å²) in [4.78, 5) is 24.5. The Labute approximate surface area is 97.2 Å². The minimum atomic E-state index is -0.280. The van der Waals surface area contributed by atoms with Crippen LogP contribution in [0.2, 0.25) is 0 Å². The van der Waals surface area contributed by atoms with E-state index in [2.05, 4.69) is 0 Å². The molecule has 1 heterocycles. The smallest absolute Gasteiger partial charge is 0.225 e. The highest BCUT2D eigenvalue weighted by Gasteiger charge is 2.21. The molecule has 0 aromatic carbocycles. The molecule has 92 valence electrons. The van der Waals surface area contributed by atoms with Crippen molar-refractivity contribution in [3.05, 3.63) is 0 Å². The highest BCUT2D eigenvalue weighted by molar-refractivity contribution is 5.78. The molecule has 1 aliphatic heterocycles. The Balaban J connectivity index is 2.26. The summed E-state index contributed by atoms with van der Waals surface area (Å²) in [5, 5.41) is 0. The van der Waals surface area contributed by atoms with Crippen LogP contribution in [0.5, 0.6) is 0 Å². The van der Waals surface area contributed by atoms with E-state index in [4.69, 9.17) is 5.73 Å². The number of rotatable bonds is 5. The lowest BCUT2D eigenvalue weighted by Crippen LogP contribution is -2.38. The fourth-order valence-corrected chi connectivity index (χ4v) is 2.13. The number of primary amides is 1. The molecule has 2 N–H and O–H groups in total. The highest BCUT2D eigenvalue weighted by atomic mass is 16.2. The normalized spacial score (nSPS) is 18.2. The number of nitrogens with two attached hydrogens (primary N) is 1. The number of carbonyl (C=O) groups is 2. The van der Waals surface area contributed by atoms with Gasteiger partial charge in [0.1, 0.15) is 0 Å². The Morgan fingerprint density at radius 2 is 1.88 bits per heavy atom. The molecule has 0 aromatic rings. The second-order valence-corrected chi connectivity index (χ2v) is 4.65. The maximum Gasteiger partial charge on any atom is 0.225 e. The molecule has 1 rings (SSSR count). The zero-order valence-electron chi connectivity index (χ0n) is 10.1. The first-order chi connectivity index (χ1) is 7.61. The molecule has 0 aliphatic carbocycles. The number of piperidine rings is 1. The summed E-state index contributed by atoms with van der Waals surface area (Å²) in [6.07, 6.45) is 5.35. The fourth-order valence-electron chi connectivity index (χ4n) is 2.13. The lowest BCUT2D eigenvalue weighted by molar-refractivity contribution is -0.136. The summed E-state index contributed by atoms with van der Waals surface area (Å²) < 4.78 is 0. The number of amides is 2. The molecule has 1 atom stereocenters. The van der Waals surface area contributed by atoms with Gasteiger partial charge in [-0.05, 0) is 32.1 Å². The Hall–Kier alpha value is -1.06. The van der Waals surface area contributed by atoms with Crippen LogP contribution in [-0.4, -0.2) is 29.8 Å². The average molecular weight is 226 g/mol. The van der Waals surface area contributed by atoms with Gasteiger partial charge >= 0.3 is 0 Å². The molecular formula is C12H22N2O2. The molecular weight excluding hydrogens is 204 g/mol. The van der Waals surface area contributed by atoms with Crippen molar-refractivity contribution in [1.82, 2.24) is 4.90 Å². The second-order valence-electron chi connectivity index (χ2n) is 4.65. The molecule has 1 saturated heterocycles. The third-order valence-corrected chi connectivity index (χ3v) is 3.15. The molecule has 1 fully saturated rings. The van der Waals surface area contributed by atoms with Gasteiger partial charge in [0.25, 0.3) is 0 Å². The quantitative estimate of drug-likeness (QED) is 0.767. The molecule has 16 heavy (non-hydrogen) atoms. The van der Waals surface area contributed by atoms with E-state index in [0.29, 0.717) is 6.42 Å². The molecule has 1 aliphatic rings. The van der Waals surface area contributed by atoms with E-state index in [0.717, 1.165) is 38.8 Å². The molecule has 4 heteroatoms. The second kappa shape index (κ2) is 6.51. The summed E-state index contributed by atoms with van der Waals surface area (Å²) in [5.41, 5.74) is 5.06. The monoisotopic (exact) mass is 226 g/mol. The van der Waals surface area contributed by atoms with Gasteiger partial charge in [-0.2, -0.15) is 0 Å². The minimum Gasteiger partial charge on any atom is -0.370 e. The molecule has 2 amide bonds. The van der Waals surface area contributed by atoms with Crippen molar-refractivity contribution in [2.45, 2.75) is 45.4 Å². The van der Waals surface area contributed by atoms with Crippen molar-refractivity contribution < 1.29 is 9.59 Å². The van der Waals surface area contributed by atoms with Crippen LogP contribution in [-0.2, 0) is 9.59 Å². The highest BCUT2D eigenvalue weighted by Crippen LogP contribution is 2.15. The average Bonchev–Trinajstić information content (AvgIpc) is 2.28. The molecule has 1 unspecified atom stereocenters. The zero-order valence-corrected chi connectivity index (χ0v) is 10.1. The summed E-state index contributed by atoms with van der Waals surface area (Å²) in [6.45, 7) is 3.75. The first-order valence-electron chi connectivity index (χ1n) is 6.18. The Morgan fingerprint density at radius 1 is 1.25 bits per heavy atom. The number of hydrogen-bond donors (Lipinski definition) is 1. The maximum atomic E-state index is 12.0. The fraction of sp³-hybridized carbons (Fsp3) is 0.833. The van der Waals surface area contributed by atoms with Gasteiger partial charge in [0.05, 0.1) is 0 Å². The van der Waals surface area contributed by atoms with Gasteiger partial charge in [0.2, 0.25) is 11.8 Å². The van der Waals surface area contributed by atoms with Gasteiger partial charge in [-0.25, -0.2) is 0 Å². The van der Waals surface area contributed by atoms with Crippen molar-refractivity contribution in [3.8, 4) is 0 Å². The Kier molecular flexibility index (Phi) is 5.29. The predicted molar refractivity (Wildman–Crippen MR) is 62.6 cm³/mol. The van der Waals surface area contributed by atoms with Crippen LogP contribution in [0.1, 0.15) is 45.4 Å². The summed E-state index contributed by atoms with van der Waals surface area (Å²) in [6, 6.07) is 0. The van der Waals surface area contributed by atoms with E-state index in [1.165, 1.54) is 6.42 Å². The van der Waals surface area contributed by atoms with E-state index in [9.17, 15) is 9.59 Å². The van der Waals surface area contributed by atoms with Crippen LogP contribution < -0.4 is 5.73 Å². The summed E-state index contributed by atoms with van der Waals surface area (Å²) in [7, 11) is 0. The van der Waals surface area contributed by atoms with Crippen molar-refractivity contribution in [3.63, 3.8) is 0 Å². The molecule has 0 spiro atoms. The van der Waals surface area contributed by atoms with Gasteiger partial charge in [-0.15, -0.1) is 0 Å². The minimum absolute atomic E-state index is 0.0254. The summed E-state index contributed by atoms with van der Waals surface area (Å²) in [5.74, 6) is -0.0146. The van der Waals surface area contributed by atoms with Crippen LogP contribution in [0.3, 0.4) is 0 Å². The van der Waals surface area contributed by atoms with Gasteiger partial charge in [0, 0.05) is 25.4 Å². The van der Waals surface area contributed by atoms with Crippen LogP contribution in [0, 0.1) is 5.92 Å². The van der Waals surface area contributed by atoms with Crippen molar-refractivity contribution in [1.29, 1.82) is 0 Å². The number of carbonyl (C=O) groups excluding carboxylic acids is 2. The third-order valence-electron chi connectivity index (χ3n) is 3.15. The predicted octanol–water partition coefficient (Wildman–Crippen LogP) is 1.29. The van der Waals surface area contributed by atoms with Crippen molar-refractivity contribution in [2.24, 2.45) is 11.7 Å². The van der Waals surface area contributed by atoms with Crippen LogP contribution in [0.25, 0.3) is 0 Å². The lowest BCUT2D eigenvalue weighted by Gasteiger charge is -2.29. The van der Waals surface area contributed by atoms with E-state index in [-0.39, 0.29) is 17.7 Å². The zero-order chi connectivity index (χ0) is 12.0. The third kappa shape index (κ3) is 4.21. The van der Waals surface area contributed by atoms with Crippen molar-refractivity contribution in [2.75, 3.05) is 13.1 Å². The van der Waals surface area contributed by atoms with Gasteiger partial charge in [-0.3, -0.25) is 9.59 Å². The molecule has 0 saturated carbocycles.